The minimum absolute atomic E-state index is 0.137. The van der Waals surface area contributed by atoms with Gasteiger partial charge >= 0.3 is 0 Å². The van der Waals surface area contributed by atoms with Crippen LogP contribution in [0.15, 0.2) is 0 Å². The van der Waals surface area contributed by atoms with Gasteiger partial charge in [0.05, 0.1) is 12.7 Å². The van der Waals surface area contributed by atoms with Gasteiger partial charge in [-0.2, -0.15) is 0 Å². The summed E-state index contributed by atoms with van der Waals surface area (Å²) < 4.78 is 10.9. The van der Waals surface area contributed by atoms with Crippen molar-refractivity contribution < 1.29 is 14.6 Å². The van der Waals surface area contributed by atoms with E-state index in [0.717, 1.165) is 19.3 Å². The Morgan fingerprint density at radius 2 is 2.23 bits per heavy atom. The highest BCUT2D eigenvalue weighted by Crippen LogP contribution is 2.25. The minimum Gasteiger partial charge on any atom is -0.390 e. The zero-order chi connectivity index (χ0) is 9.90. The van der Waals surface area contributed by atoms with Crippen LogP contribution in [0.5, 0.6) is 0 Å². The maximum Gasteiger partial charge on any atom is 0.163 e. The fraction of sp³-hybridized carbons (Fsp3) is 1.00. The SMILES string of the molecule is CCCCC(O)[C@H]1COC(C)(C)O1. The highest BCUT2D eigenvalue weighted by Gasteiger charge is 2.36. The van der Waals surface area contributed by atoms with Crippen molar-refractivity contribution in [2.45, 2.75) is 58.0 Å². The van der Waals surface area contributed by atoms with E-state index in [1.165, 1.54) is 0 Å². The van der Waals surface area contributed by atoms with E-state index in [1.807, 2.05) is 13.8 Å². The van der Waals surface area contributed by atoms with E-state index in [4.69, 9.17) is 9.47 Å². The van der Waals surface area contributed by atoms with Crippen molar-refractivity contribution >= 4 is 0 Å². The molecule has 0 spiro atoms. The maximum absolute atomic E-state index is 9.71. The summed E-state index contributed by atoms with van der Waals surface area (Å²) in [6.45, 7) is 6.37. The Morgan fingerprint density at radius 1 is 1.54 bits per heavy atom. The molecule has 1 saturated heterocycles. The van der Waals surface area contributed by atoms with Gasteiger partial charge in [-0.3, -0.25) is 0 Å². The van der Waals surface area contributed by atoms with Gasteiger partial charge in [0, 0.05) is 0 Å². The van der Waals surface area contributed by atoms with Crippen molar-refractivity contribution in [2.24, 2.45) is 0 Å². The molecule has 1 fully saturated rings. The average molecular weight is 188 g/mol. The Bertz CT molecular complexity index is 156. The number of hydrogen-bond donors (Lipinski definition) is 1. The third-order valence-electron chi connectivity index (χ3n) is 2.31. The van der Waals surface area contributed by atoms with Gasteiger partial charge < -0.3 is 14.6 Å². The van der Waals surface area contributed by atoms with Crippen LogP contribution in [0.1, 0.15) is 40.0 Å². The lowest BCUT2D eigenvalue weighted by Gasteiger charge is -2.20. The number of aliphatic hydroxyl groups excluding tert-OH is 1. The van der Waals surface area contributed by atoms with Gasteiger partial charge in [-0.05, 0) is 20.3 Å². The van der Waals surface area contributed by atoms with Crippen LogP contribution in [-0.2, 0) is 9.47 Å². The standard InChI is InChI=1S/C10H20O3/c1-4-5-6-8(11)9-7-12-10(2,3)13-9/h8-9,11H,4-7H2,1-3H3/t8?,9-/m1/s1. The summed E-state index contributed by atoms with van der Waals surface area (Å²) >= 11 is 0. The first-order valence-electron chi connectivity index (χ1n) is 5.05. The molecule has 3 nitrogen and oxygen atoms in total. The molecule has 0 aliphatic carbocycles. The Labute approximate surface area is 80.0 Å². The van der Waals surface area contributed by atoms with Gasteiger partial charge in [0.1, 0.15) is 6.10 Å². The van der Waals surface area contributed by atoms with Crippen LogP contribution in [0.4, 0.5) is 0 Å². The summed E-state index contributed by atoms with van der Waals surface area (Å²) in [5.74, 6) is -0.516. The number of aliphatic hydroxyl groups is 1. The molecule has 78 valence electrons. The van der Waals surface area contributed by atoms with Crippen molar-refractivity contribution in [3.63, 3.8) is 0 Å². The van der Waals surface area contributed by atoms with E-state index in [1.54, 1.807) is 0 Å². The van der Waals surface area contributed by atoms with E-state index in [2.05, 4.69) is 6.92 Å². The van der Waals surface area contributed by atoms with Gasteiger partial charge in [0.25, 0.3) is 0 Å². The summed E-state index contributed by atoms with van der Waals surface area (Å²) in [5.41, 5.74) is 0. The summed E-state index contributed by atoms with van der Waals surface area (Å²) in [6.07, 6.45) is 2.44. The second kappa shape index (κ2) is 4.40. The van der Waals surface area contributed by atoms with E-state index in [-0.39, 0.29) is 12.2 Å². The first kappa shape index (κ1) is 11.0. The molecule has 0 radical (unpaired) electrons. The smallest absolute Gasteiger partial charge is 0.163 e. The zero-order valence-electron chi connectivity index (χ0n) is 8.75. The van der Waals surface area contributed by atoms with Gasteiger partial charge in [-0.15, -0.1) is 0 Å². The van der Waals surface area contributed by atoms with Gasteiger partial charge in [0.15, 0.2) is 5.79 Å². The van der Waals surface area contributed by atoms with Crippen LogP contribution in [0.2, 0.25) is 0 Å². The molecule has 1 aliphatic heterocycles. The average Bonchev–Trinajstić information content (AvgIpc) is 2.42. The van der Waals surface area contributed by atoms with Crippen molar-refractivity contribution in [1.29, 1.82) is 0 Å². The van der Waals surface area contributed by atoms with E-state index in [0.29, 0.717) is 6.61 Å². The van der Waals surface area contributed by atoms with Crippen LogP contribution < -0.4 is 0 Å². The second-order valence-electron chi connectivity index (χ2n) is 4.08. The normalized spacial score (nSPS) is 29.1. The highest BCUT2D eigenvalue weighted by atomic mass is 16.7. The second-order valence-corrected chi connectivity index (χ2v) is 4.08. The Kier molecular flexibility index (Phi) is 3.71. The predicted molar refractivity (Wildman–Crippen MR) is 50.4 cm³/mol. The Balaban J connectivity index is 2.29. The van der Waals surface area contributed by atoms with Crippen molar-refractivity contribution in [3.8, 4) is 0 Å². The van der Waals surface area contributed by atoms with E-state index >= 15 is 0 Å². The topological polar surface area (TPSA) is 38.7 Å². The fourth-order valence-electron chi connectivity index (χ4n) is 1.50. The van der Waals surface area contributed by atoms with Crippen molar-refractivity contribution in [1.82, 2.24) is 0 Å². The highest BCUT2D eigenvalue weighted by molar-refractivity contribution is 4.77. The predicted octanol–water partition coefficient (Wildman–Crippen LogP) is 1.69. The number of rotatable bonds is 4. The molecule has 2 atom stereocenters. The number of hydrogen-bond acceptors (Lipinski definition) is 3. The van der Waals surface area contributed by atoms with Crippen LogP contribution in [0, 0.1) is 0 Å². The third kappa shape index (κ3) is 3.25. The minimum atomic E-state index is -0.516. The molecule has 0 aromatic carbocycles. The Morgan fingerprint density at radius 3 is 2.69 bits per heavy atom. The van der Waals surface area contributed by atoms with Gasteiger partial charge in [0.2, 0.25) is 0 Å². The van der Waals surface area contributed by atoms with Crippen molar-refractivity contribution in [2.75, 3.05) is 6.61 Å². The molecule has 0 aromatic heterocycles. The molecule has 1 aliphatic rings. The maximum atomic E-state index is 9.71. The van der Waals surface area contributed by atoms with Crippen LogP contribution in [0.3, 0.4) is 0 Å². The molecule has 1 N–H and O–H groups in total. The Hall–Kier alpha value is -0.120. The monoisotopic (exact) mass is 188 g/mol. The quantitative estimate of drug-likeness (QED) is 0.729. The molecule has 1 rings (SSSR count). The first-order valence-corrected chi connectivity index (χ1v) is 5.05. The largest absolute Gasteiger partial charge is 0.390 e. The van der Waals surface area contributed by atoms with E-state index < -0.39 is 5.79 Å². The molecule has 0 saturated carbocycles. The third-order valence-corrected chi connectivity index (χ3v) is 2.31. The lowest BCUT2D eigenvalue weighted by atomic mass is 10.1. The summed E-state index contributed by atoms with van der Waals surface area (Å²) in [5, 5.41) is 9.71. The van der Waals surface area contributed by atoms with Crippen LogP contribution in [-0.4, -0.2) is 29.7 Å². The lowest BCUT2D eigenvalue weighted by Crippen LogP contribution is -2.30. The molecular formula is C10H20O3. The van der Waals surface area contributed by atoms with Crippen LogP contribution >= 0.6 is 0 Å². The molecule has 3 heteroatoms. The molecule has 13 heavy (non-hydrogen) atoms. The molecular weight excluding hydrogens is 168 g/mol. The lowest BCUT2D eigenvalue weighted by molar-refractivity contribution is -0.151. The summed E-state index contributed by atoms with van der Waals surface area (Å²) in [4.78, 5) is 0. The first-order chi connectivity index (χ1) is 6.05. The van der Waals surface area contributed by atoms with Gasteiger partial charge in [-0.25, -0.2) is 0 Å². The van der Waals surface area contributed by atoms with Gasteiger partial charge in [-0.1, -0.05) is 19.8 Å². The molecule has 0 amide bonds. The molecule has 1 heterocycles. The molecule has 0 bridgehead atoms. The number of ether oxygens (including phenoxy) is 2. The van der Waals surface area contributed by atoms with Crippen molar-refractivity contribution in [3.05, 3.63) is 0 Å². The number of unbranched alkanes of at least 4 members (excludes halogenated alkanes) is 1. The summed E-state index contributed by atoms with van der Waals surface area (Å²) in [6, 6.07) is 0. The molecule has 0 aromatic rings. The zero-order valence-corrected chi connectivity index (χ0v) is 8.75. The fourth-order valence-corrected chi connectivity index (χ4v) is 1.50. The summed E-state index contributed by atoms with van der Waals surface area (Å²) in [7, 11) is 0. The van der Waals surface area contributed by atoms with Crippen LogP contribution in [0.25, 0.3) is 0 Å². The molecule has 1 unspecified atom stereocenters. The van der Waals surface area contributed by atoms with E-state index in [9.17, 15) is 5.11 Å².